The maximum absolute atomic E-state index is 11.9. The van der Waals surface area contributed by atoms with Gasteiger partial charge in [-0.05, 0) is 38.2 Å². The van der Waals surface area contributed by atoms with Gasteiger partial charge in [-0.2, -0.15) is 0 Å². The summed E-state index contributed by atoms with van der Waals surface area (Å²) in [6, 6.07) is 11.1. The van der Waals surface area contributed by atoms with E-state index in [1.807, 2.05) is 13.0 Å². The molecule has 4 heteroatoms. The summed E-state index contributed by atoms with van der Waals surface area (Å²) >= 11 is 0. The zero-order valence-corrected chi connectivity index (χ0v) is 15.2. The van der Waals surface area contributed by atoms with Crippen molar-refractivity contribution in [1.29, 1.82) is 0 Å². The predicted molar refractivity (Wildman–Crippen MR) is 97.5 cm³/mol. The number of amides is 2. The highest BCUT2D eigenvalue weighted by Crippen LogP contribution is 2.14. The molecule has 23 heavy (non-hydrogen) atoms. The number of carbonyl (C=O) groups is 1. The fraction of sp³-hybridized carbons (Fsp3) is 0.632. The molecule has 0 aliphatic rings. The minimum absolute atomic E-state index is 0.0812. The molecule has 2 amide bonds. The van der Waals surface area contributed by atoms with Crippen molar-refractivity contribution in [2.45, 2.75) is 65.6 Å². The van der Waals surface area contributed by atoms with Crippen LogP contribution >= 0.6 is 0 Å². The Labute approximate surface area is 141 Å². The van der Waals surface area contributed by atoms with E-state index in [2.05, 4.69) is 67.9 Å². The maximum atomic E-state index is 11.9. The van der Waals surface area contributed by atoms with Crippen LogP contribution in [0.4, 0.5) is 4.79 Å². The first-order valence-electron chi connectivity index (χ1n) is 8.77. The third-order valence-electron chi connectivity index (χ3n) is 4.04. The van der Waals surface area contributed by atoms with Gasteiger partial charge in [0.05, 0.1) is 0 Å². The molecule has 0 radical (unpaired) electrons. The summed E-state index contributed by atoms with van der Waals surface area (Å²) in [6.45, 7) is 11.3. The van der Waals surface area contributed by atoms with Crippen molar-refractivity contribution in [2.24, 2.45) is 5.92 Å². The largest absolute Gasteiger partial charge is 0.337 e. The number of carbonyl (C=O) groups excluding carboxylic acids is 1. The standard InChI is InChI=1S/C19H33N3O/c1-6-15(4)21-19(23)20-13-18(12-14(2)3)22-16(5)17-10-8-7-9-11-17/h7-11,14-16,18,22H,6,12-13H2,1-5H3,(H2,20,21,23)/t15-,16-,18-/m0/s1. The molecule has 1 aromatic rings. The van der Waals surface area contributed by atoms with Crippen molar-refractivity contribution in [3.8, 4) is 0 Å². The molecule has 3 N–H and O–H groups in total. The van der Waals surface area contributed by atoms with E-state index < -0.39 is 0 Å². The van der Waals surface area contributed by atoms with E-state index in [0.717, 1.165) is 12.8 Å². The molecule has 0 saturated heterocycles. The van der Waals surface area contributed by atoms with Crippen LogP contribution in [0.3, 0.4) is 0 Å². The van der Waals surface area contributed by atoms with E-state index in [9.17, 15) is 4.79 Å². The number of hydrogen-bond donors (Lipinski definition) is 3. The molecule has 0 heterocycles. The lowest BCUT2D eigenvalue weighted by molar-refractivity contribution is 0.234. The number of urea groups is 1. The first-order chi connectivity index (χ1) is 10.9. The Morgan fingerprint density at radius 3 is 2.30 bits per heavy atom. The summed E-state index contributed by atoms with van der Waals surface area (Å²) < 4.78 is 0. The predicted octanol–water partition coefficient (Wildman–Crippen LogP) is 3.85. The van der Waals surface area contributed by atoms with Gasteiger partial charge in [0.15, 0.2) is 0 Å². The molecule has 0 aliphatic heterocycles. The first kappa shape index (κ1) is 19.5. The second-order valence-corrected chi connectivity index (χ2v) is 6.79. The van der Waals surface area contributed by atoms with E-state index in [-0.39, 0.29) is 24.2 Å². The third kappa shape index (κ3) is 8.03. The second-order valence-electron chi connectivity index (χ2n) is 6.79. The van der Waals surface area contributed by atoms with Crippen molar-refractivity contribution in [2.75, 3.05) is 6.54 Å². The molecular weight excluding hydrogens is 286 g/mol. The lowest BCUT2D eigenvalue weighted by Gasteiger charge is -2.26. The average Bonchev–Trinajstić information content (AvgIpc) is 2.52. The Hall–Kier alpha value is -1.55. The van der Waals surface area contributed by atoms with Crippen molar-refractivity contribution in [3.05, 3.63) is 35.9 Å². The average molecular weight is 319 g/mol. The highest BCUT2D eigenvalue weighted by Gasteiger charge is 2.16. The van der Waals surface area contributed by atoms with Gasteiger partial charge in [0.1, 0.15) is 0 Å². The van der Waals surface area contributed by atoms with Crippen LogP contribution in [0.25, 0.3) is 0 Å². The molecule has 0 aliphatic carbocycles. The molecule has 0 unspecified atom stereocenters. The monoisotopic (exact) mass is 319 g/mol. The fourth-order valence-corrected chi connectivity index (χ4v) is 2.56. The maximum Gasteiger partial charge on any atom is 0.315 e. The van der Waals surface area contributed by atoms with Crippen LogP contribution < -0.4 is 16.0 Å². The van der Waals surface area contributed by atoms with Gasteiger partial charge in [-0.25, -0.2) is 4.79 Å². The third-order valence-corrected chi connectivity index (χ3v) is 4.04. The van der Waals surface area contributed by atoms with Gasteiger partial charge in [-0.1, -0.05) is 51.1 Å². The van der Waals surface area contributed by atoms with Crippen LogP contribution in [0.2, 0.25) is 0 Å². The summed E-state index contributed by atoms with van der Waals surface area (Å²) in [5, 5.41) is 9.59. The molecule has 0 aromatic heterocycles. The molecule has 4 nitrogen and oxygen atoms in total. The molecule has 1 rings (SSSR count). The number of nitrogens with one attached hydrogen (secondary N) is 3. The molecule has 0 saturated carbocycles. The van der Waals surface area contributed by atoms with E-state index in [4.69, 9.17) is 0 Å². The van der Waals surface area contributed by atoms with E-state index in [0.29, 0.717) is 12.5 Å². The van der Waals surface area contributed by atoms with Gasteiger partial charge in [0.2, 0.25) is 0 Å². The first-order valence-corrected chi connectivity index (χ1v) is 8.77. The Kier molecular flexibility index (Phi) is 8.70. The summed E-state index contributed by atoms with van der Waals surface area (Å²) in [5.74, 6) is 0.579. The quantitative estimate of drug-likeness (QED) is 0.647. The molecular formula is C19H33N3O. The van der Waals surface area contributed by atoms with Gasteiger partial charge in [-0.15, -0.1) is 0 Å². The van der Waals surface area contributed by atoms with Crippen LogP contribution in [0.15, 0.2) is 30.3 Å². The number of hydrogen-bond acceptors (Lipinski definition) is 2. The molecule has 130 valence electrons. The van der Waals surface area contributed by atoms with Crippen LogP contribution in [0.1, 0.15) is 59.1 Å². The molecule has 0 fully saturated rings. The molecule has 3 atom stereocenters. The SMILES string of the molecule is CC[C@H](C)NC(=O)NC[C@H](CC(C)C)N[C@@H](C)c1ccccc1. The normalized spacial score (nSPS) is 15.0. The smallest absolute Gasteiger partial charge is 0.315 e. The van der Waals surface area contributed by atoms with Crippen LogP contribution in [0.5, 0.6) is 0 Å². The van der Waals surface area contributed by atoms with Crippen LogP contribution in [-0.4, -0.2) is 24.7 Å². The minimum Gasteiger partial charge on any atom is -0.337 e. The lowest BCUT2D eigenvalue weighted by atomic mass is 10.0. The van der Waals surface area contributed by atoms with Crippen LogP contribution in [-0.2, 0) is 0 Å². The Bertz CT molecular complexity index is 447. The number of rotatable bonds is 9. The second kappa shape index (κ2) is 10.3. The Morgan fingerprint density at radius 2 is 1.74 bits per heavy atom. The molecule has 1 aromatic carbocycles. The molecule has 0 spiro atoms. The van der Waals surface area contributed by atoms with E-state index >= 15 is 0 Å². The van der Waals surface area contributed by atoms with Gasteiger partial charge < -0.3 is 16.0 Å². The van der Waals surface area contributed by atoms with Gasteiger partial charge in [0.25, 0.3) is 0 Å². The Balaban J connectivity index is 2.53. The zero-order chi connectivity index (χ0) is 17.2. The minimum atomic E-state index is -0.0812. The van der Waals surface area contributed by atoms with E-state index in [1.165, 1.54) is 5.56 Å². The van der Waals surface area contributed by atoms with Crippen molar-refractivity contribution in [3.63, 3.8) is 0 Å². The molecule has 0 bridgehead atoms. The zero-order valence-electron chi connectivity index (χ0n) is 15.2. The van der Waals surface area contributed by atoms with Crippen molar-refractivity contribution < 1.29 is 4.79 Å². The van der Waals surface area contributed by atoms with Gasteiger partial charge in [0, 0.05) is 24.7 Å². The highest BCUT2D eigenvalue weighted by molar-refractivity contribution is 5.74. The lowest BCUT2D eigenvalue weighted by Crippen LogP contribution is -2.47. The fourth-order valence-electron chi connectivity index (χ4n) is 2.56. The highest BCUT2D eigenvalue weighted by atomic mass is 16.2. The van der Waals surface area contributed by atoms with Crippen molar-refractivity contribution in [1.82, 2.24) is 16.0 Å². The summed E-state index contributed by atoms with van der Waals surface area (Å²) in [4.78, 5) is 11.9. The summed E-state index contributed by atoms with van der Waals surface area (Å²) in [5.41, 5.74) is 1.27. The number of benzene rings is 1. The van der Waals surface area contributed by atoms with Gasteiger partial charge >= 0.3 is 6.03 Å². The Morgan fingerprint density at radius 1 is 1.09 bits per heavy atom. The topological polar surface area (TPSA) is 53.2 Å². The van der Waals surface area contributed by atoms with Crippen molar-refractivity contribution >= 4 is 6.03 Å². The van der Waals surface area contributed by atoms with E-state index in [1.54, 1.807) is 0 Å². The van der Waals surface area contributed by atoms with Crippen LogP contribution in [0, 0.1) is 5.92 Å². The van der Waals surface area contributed by atoms with Gasteiger partial charge in [-0.3, -0.25) is 0 Å². The summed E-state index contributed by atoms with van der Waals surface area (Å²) in [6.07, 6.45) is 1.97. The summed E-state index contributed by atoms with van der Waals surface area (Å²) in [7, 11) is 0.